The zero-order valence-electron chi connectivity index (χ0n) is 12.2. The minimum Gasteiger partial charge on any atom is -0.342 e. The molecule has 0 unspecified atom stereocenters. The Morgan fingerprint density at radius 3 is 2.06 bits per heavy atom. The van der Waals surface area contributed by atoms with Crippen LogP contribution in [0.2, 0.25) is 0 Å². The van der Waals surface area contributed by atoms with E-state index in [1.54, 1.807) is 0 Å². The Kier molecular flexibility index (Phi) is 4.66. The average Bonchev–Trinajstić information content (AvgIpc) is 2.39. The normalized spacial score (nSPS) is 24.8. The molecule has 0 bridgehead atoms. The molecule has 1 amide bonds. The topological polar surface area (TPSA) is 23.6 Å². The summed E-state index contributed by atoms with van der Waals surface area (Å²) in [6.45, 7) is 11.0. The number of carbonyl (C=O) groups excluding carboxylic acids is 1. The third-order valence-electron chi connectivity index (χ3n) is 4.70. The zero-order valence-corrected chi connectivity index (χ0v) is 12.2. The molecule has 0 saturated carbocycles. The van der Waals surface area contributed by atoms with Crippen LogP contribution >= 0.6 is 0 Å². The van der Waals surface area contributed by atoms with Crippen molar-refractivity contribution in [3.8, 4) is 0 Å². The summed E-state index contributed by atoms with van der Waals surface area (Å²) < 4.78 is 0. The smallest absolute Gasteiger partial charge is 0.225 e. The van der Waals surface area contributed by atoms with Gasteiger partial charge in [-0.3, -0.25) is 4.79 Å². The quantitative estimate of drug-likeness (QED) is 0.753. The van der Waals surface area contributed by atoms with Crippen LogP contribution < -0.4 is 0 Å². The molecule has 0 spiro atoms. The molecule has 0 aromatic carbocycles. The van der Waals surface area contributed by atoms with E-state index in [1.807, 2.05) is 0 Å². The monoisotopic (exact) mass is 252 g/mol. The summed E-state index contributed by atoms with van der Waals surface area (Å²) in [6.07, 6.45) is 4.50. The molecule has 2 aliphatic rings. The van der Waals surface area contributed by atoms with Gasteiger partial charge in [0.15, 0.2) is 0 Å². The molecule has 0 N–H and O–H groups in total. The van der Waals surface area contributed by atoms with Gasteiger partial charge in [-0.15, -0.1) is 0 Å². The van der Waals surface area contributed by atoms with Crippen LogP contribution in [0.5, 0.6) is 0 Å². The molecule has 2 saturated heterocycles. The third-order valence-corrected chi connectivity index (χ3v) is 4.70. The first-order valence-corrected chi connectivity index (χ1v) is 7.60. The van der Waals surface area contributed by atoms with E-state index in [0.29, 0.717) is 17.9 Å². The van der Waals surface area contributed by atoms with E-state index in [2.05, 4.69) is 30.6 Å². The Balaban J connectivity index is 1.80. The van der Waals surface area contributed by atoms with Gasteiger partial charge in [-0.1, -0.05) is 6.92 Å². The molecule has 3 heteroatoms. The van der Waals surface area contributed by atoms with Gasteiger partial charge in [-0.05, 0) is 58.5 Å². The number of hydrogen-bond acceptors (Lipinski definition) is 2. The fraction of sp³-hybridized carbons (Fsp3) is 0.933. The molecule has 0 atom stereocenters. The van der Waals surface area contributed by atoms with Crippen molar-refractivity contribution in [2.24, 2.45) is 11.8 Å². The maximum atomic E-state index is 12.4. The van der Waals surface area contributed by atoms with Crippen LogP contribution in [0.25, 0.3) is 0 Å². The second kappa shape index (κ2) is 6.05. The highest BCUT2D eigenvalue weighted by Gasteiger charge is 2.30. The van der Waals surface area contributed by atoms with Crippen molar-refractivity contribution in [2.75, 3.05) is 26.2 Å². The number of carbonyl (C=O) groups is 1. The highest BCUT2D eigenvalue weighted by Crippen LogP contribution is 2.24. The van der Waals surface area contributed by atoms with E-state index < -0.39 is 0 Å². The lowest BCUT2D eigenvalue weighted by molar-refractivity contribution is -0.138. The zero-order chi connectivity index (χ0) is 13.1. The summed E-state index contributed by atoms with van der Waals surface area (Å²) in [4.78, 5) is 17.1. The highest BCUT2D eigenvalue weighted by atomic mass is 16.2. The Labute approximate surface area is 112 Å². The van der Waals surface area contributed by atoms with Crippen LogP contribution in [0.15, 0.2) is 0 Å². The lowest BCUT2D eigenvalue weighted by Crippen LogP contribution is -2.46. The van der Waals surface area contributed by atoms with Crippen molar-refractivity contribution >= 4 is 5.91 Å². The lowest BCUT2D eigenvalue weighted by Gasteiger charge is -2.38. The number of nitrogens with zero attached hydrogens (tertiary/aromatic N) is 2. The number of amides is 1. The molecule has 2 rings (SSSR count). The Hall–Kier alpha value is -0.570. The van der Waals surface area contributed by atoms with Gasteiger partial charge in [-0.25, -0.2) is 0 Å². The summed E-state index contributed by atoms with van der Waals surface area (Å²) in [5.41, 5.74) is 0. The Morgan fingerprint density at radius 2 is 1.56 bits per heavy atom. The van der Waals surface area contributed by atoms with Crippen LogP contribution in [0.4, 0.5) is 0 Å². The number of piperidine rings is 2. The molecular weight excluding hydrogens is 224 g/mol. The SMILES string of the molecule is CC1CCN(C(=O)C2CCN(C(C)C)CC2)CC1. The molecule has 2 aliphatic heterocycles. The molecule has 2 fully saturated rings. The lowest BCUT2D eigenvalue weighted by atomic mass is 9.92. The van der Waals surface area contributed by atoms with Gasteiger partial charge in [0.25, 0.3) is 0 Å². The summed E-state index contributed by atoms with van der Waals surface area (Å²) in [5, 5.41) is 0. The molecule has 0 aromatic rings. The molecule has 2 heterocycles. The van der Waals surface area contributed by atoms with Gasteiger partial charge in [0.2, 0.25) is 5.91 Å². The first-order valence-electron chi connectivity index (χ1n) is 7.60. The van der Waals surface area contributed by atoms with Crippen LogP contribution in [0.1, 0.15) is 46.5 Å². The molecule has 3 nitrogen and oxygen atoms in total. The number of likely N-dealkylation sites (tertiary alicyclic amines) is 2. The first-order chi connectivity index (χ1) is 8.58. The van der Waals surface area contributed by atoms with Crippen LogP contribution in [0.3, 0.4) is 0 Å². The third kappa shape index (κ3) is 3.25. The van der Waals surface area contributed by atoms with Crippen LogP contribution in [0, 0.1) is 11.8 Å². The summed E-state index contributed by atoms with van der Waals surface area (Å²) >= 11 is 0. The Bertz CT molecular complexity index is 274. The number of rotatable bonds is 2. The minimum atomic E-state index is 0.299. The van der Waals surface area contributed by atoms with Crippen molar-refractivity contribution in [2.45, 2.75) is 52.5 Å². The Morgan fingerprint density at radius 1 is 1.00 bits per heavy atom. The van der Waals surface area contributed by atoms with E-state index >= 15 is 0 Å². The predicted octanol–water partition coefficient (Wildman–Crippen LogP) is 2.37. The molecule has 0 aromatic heterocycles. The van der Waals surface area contributed by atoms with Crippen molar-refractivity contribution in [1.29, 1.82) is 0 Å². The maximum Gasteiger partial charge on any atom is 0.225 e. The fourth-order valence-electron chi connectivity index (χ4n) is 3.15. The second-order valence-electron chi connectivity index (χ2n) is 6.41. The van der Waals surface area contributed by atoms with Gasteiger partial charge in [0.05, 0.1) is 0 Å². The van der Waals surface area contributed by atoms with Crippen LogP contribution in [-0.2, 0) is 4.79 Å². The predicted molar refractivity (Wildman–Crippen MR) is 74.4 cm³/mol. The van der Waals surface area contributed by atoms with Crippen molar-refractivity contribution in [3.05, 3.63) is 0 Å². The standard InChI is InChI=1S/C15H28N2O/c1-12(2)16-10-6-14(7-11-16)15(18)17-8-4-13(3)5-9-17/h12-14H,4-11H2,1-3H3. The van der Waals surface area contributed by atoms with Crippen molar-refractivity contribution < 1.29 is 4.79 Å². The molecule has 104 valence electrons. The van der Waals surface area contributed by atoms with E-state index in [9.17, 15) is 4.79 Å². The molecule has 18 heavy (non-hydrogen) atoms. The molecule has 0 aliphatic carbocycles. The van der Waals surface area contributed by atoms with E-state index in [4.69, 9.17) is 0 Å². The summed E-state index contributed by atoms with van der Waals surface area (Å²) in [6, 6.07) is 0.622. The molecular formula is C15H28N2O. The summed E-state index contributed by atoms with van der Waals surface area (Å²) in [5.74, 6) is 1.54. The molecule has 0 radical (unpaired) electrons. The fourth-order valence-corrected chi connectivity index (χ4v) is 3.15. The van der Waals surface area contributed by atoms with Gasteiger partial charge in [0, 0.05) is 25.0 Å². The van der Waals surface area contributed by atoms with E-state index in [1.165, 1.54) is 12.8 Å². The minimum absolute atomic E-state index is 0.299. The second-order valence-corrected chi connectivity index (χ2v) is 6.41. The van der Waals surface area contributed by atoms with E-state index in [0.717, 1.165) is 44.9 Å². The maximum absolute atomic E-state index is 12.4. The van der Waals surface area contributed by atoms with Gasteiger partial charge >= 0.3 is 0 Å². The van der Waals surface area contributed by atoms with Gasteiger partial charge in [0.1, 0.15) is 0 Å². The number of hydrogen-bond donors (Lipinski definition) is 0. The first kappa shape index (κ1) is 13.9. The van der Waals surface area contributed by atoms with Gasteiger partial charge < -0.3 is 9.80 Å². The van der Waals surface area contributed by atoms with Gasteiger partial charge in [-0.2, -0.15) is 0 Å². The van der Waals surface area contributed by atoms with E-state index in [-0.39, 0.29) is 0 Å². The van der Waals surface area contributed by atoms with Crippen molar-refractivity contribution in [1.82, 2.24) is 9.80 Å². The average molecular weight is 252 g/mol. The van der Waals surface area contributed by atoms with Crippen molar-refractivity contribution in [3.63, 3.8) is 0 Å². The largest absolute Gasteiger partial charge is 0.342 e. The van der Waals surface area contributed by atoms with Crippen LogP contribution in [-0.4, -0.2) is 47.9 Å². The highest BCUT2D eigenvalue weighted by molar-refractivity contribution is 5.79. The summed E-state index contributed by atoms with van der Waals surface area (Å²) in [7, 11) is 0.